The van der Waals surface area contributed by atoms with Gasteiger partial charge in [0.25, 0.3) is 11.5 Å². The minimum Gasteiger partial charge on any atom is -0.497 e. The van der Waals surface area contributed by atoms with Crippen LogP contribution in [0.2, 0.25) is 0 Å². The third-order valence-corrected chi connectivity index (χ3v) is 6.72. The molecular formula is C29H25F7N6O5. The largest absolute Gasteiger partial charge is 0.497 e. The van der Waals surface area contributed by atoms with Crippen molar-refractivity contribution in [2.45, 2.75) is 25.8 Å². The molecule has 0 aliphatic heterocycles. The number of carbonyl (C=O) groups excluding carboxylic acids is 2. The number of amides is 2. The van der Waals surface area contributed by atoms with E-state index in [9.17, 15) is 36.3 Å². The van der Waals surface area contributed by atoms with Crippen molar-refractivity contribution in [3.63, 3.8) is 0 Å². The molecule has 0 aliphatic rings. The van der Waals surface area contributed by atoms with Gasteiger partial charge in [-0.3, -0.25) is 19.1 Å². The number of nitrogens with zero attached hydrogens (tertiary/aromatic N) is 3. The molecule has 2 aromatic heterocycles. The molecule has 2 aromatic carbocycles. The first-order chi connectivity index (χ1) is 22.1. The Morgan fingerprint density at radius 3 is 2.13 bits per heavy atom. The Labute approximate surface area is 260 Å². The number of anilines is 2. The summed E-state index contributed by atoms with van der Waals surface area (Å²) in [6.07, 6.45) is -5.11. The smallest absolute Gasteiger partial charge is 0.420 e. The molecule has 250 valence electrons. The third kappa shape index (κ3) is 7.15. The Morgan fingerprint density at radius 2 is 1.60 bits per heavy atom. The van der Waals surface area contributed by atoms with Crippen molar-refractivity contribution in [1.82, 2.24) is 19.7 Å². The minimum absolute atomic E-state index is 0.244. The molecule has 0 saturated heterocycles. The number of hydrogen-bond donors (Lipinski definition) is 3. The number of pyridine rings is 1. The lowest BCUT2D eigenvalue weighted by atomic mass is 10.1. The molecule has 3 N–H and O–H groups in total. The second kappa shape index (κ2) is 13.4. The lowest BCUT2D eigenvalue weighted by Gasteiger charge is -2.18. The van der Waals surface area contributed by atoms with Gasteiger partial charge >= 0.3 is 12.8 Å². The standard InChI is InChI=1S/C29H25F7N6O5/c1-13(25(43)37-2)38-20-10-9-17(29(34,35)36)24(39-20)42-27(45)22(40-26(44)14-5-7-15(8-6-14)47-28(32)33)23(41(42)3)21-18(30)11-16(46-4)12-19(21)31/h5-13,28H,1-4H3,(H,37,43)(H,38,39)(H,40,44). The number of hydrogen-bond acceptors (Lipinski definition) is 7. The van der Waals surface area contributed by atoms with E-state index in [-0.39, 0.29) is 22.9 Å². The lowest BCUT2D eigenvalue weighted by molar-refractivity contribution is -0.137. The number of ether oxygens (including phenoxy) is 2. The monoisotopic (exact) mass is 670 g/mol. The van der Waals surface area contributed by atoms with E-state index in [4.69, 9.17) is 4.74 Å². The summed E-state index contributed by atoms with van der Waals surface area (Å²) >= 11 is 0. The van der Waals surface area contributed by atoms with E-state index < -0.39 is 76.2 Å². The van der Waals surface area contributed by atoms with Gasteiger partial charge in [0, 0.05) is 31.8 Å². The van der Waals surface area contributed by atoms with Crippen LogP contribution in [-0.2, 0) is 18.0 Å². The molecule has 0 fully saturated rings. The first-order valence-electron chi connectivity index (χ1n) is 13.4. The highest BCUT2D eigenvalue weighted by atomic mass is 19.4. The van der Waals surface area contributed by atoms with E-state index >= 15 is 8.78 Å². The Balaban J connectivity index is 1.97. The summed E-state index contributed by atoms with van der Waals surface area (Å²) in [5, 5.41) is 7.12. The summed E-state index contributed by atoms with van der Waals surface area (Å²) < 4.78 is 109. The summed E-state index contributed by atoms with van der Waals surface area (Å²) in [5.41, 5.74) is -5.57. The molecule has 0 radical (unpaired) electrons. The predicted octanol–water partition coefficient (Wildman–Crippen LogP) is 4.94. The van der Waals surface area contributed by atoms with Crippen LogP contribution in [0.25, 0.3) is 17.1 Å². The number of aromatic nitrogens is 3. The maximum absolute atomic E-state index is 15.4. The summed E-state index contributed by atoms with van der Waals surface area (Å²) in [5.74, 6) is -6.19. The third-order valence-electron chi connectivity index (χ3n) is 6.72. The molecule has 18 heteroatoms. The molecular weight excluding hydrogens is 645 g/mol. The number of carbonyl (C=O) groups is 2. The predicted molar refractivity (Wildman–Crippen MR) is 154 cm³/mol. The van der Waals surface area contributed by atoms with Crippen LogP contribution < -0.4 is 31.0 Å². The number of methoxy groups -OCH3 is 1. The zero-order valence-electron chi connectivity index (χ0n) is 24.8. The van der Waals surface area contributed by atoms with Crippen LogP contribution in [0.1, 0.15) is 22.8 Å². The van der Waals surface area contributed by atoms with Crippen LogP contribution in [0, 0.1) is 11.6 Å². The molecule has 0 bridgehead atoms. The second-order valence-electron chi connectivity index (χ2n) is 9.73. The van der Waals surface area contributed by atoms with E-state index in [0.29, 0.717) is 15.4 Å². The van der Waals surface area contributed by atoms with Gasteiger partial charge in [0.2, 0.25) is 5.91 Å². The quantitative estimate of drug-likeness (QED) is 0.204. The number of likely N-dealkylation sites (N-methyl/N-ethyl adjacent to an activating group) is 1. The van der Waals surface area contributed by atoms with Crippen LogP contribution in [-0.4, -0.2) is 53.0 Å². The topological polar surface area (TPSA) is 129 Å². The first kappa shape index (κ1) is 34.3. The van der Waals surface area contributed by atoms with Crippen molar-refractivity contribution >= 4 is 23.3 Å². The number of halogens is 7. The molecule has 4 rings (SSSR count). The van der Waals surface area contributed by atoms with Gasteiger partial charge in [-0.1, -0.05) is 0 Å². The van der Waals surface area contributed by atoms with Crippen LogP contribution in [0.15, 0.2) is 53.3 Å². The van der Waals surface area contributed by atoms with Gasteiger partial charge in [-0.2, -0.15) is 26.6 Å². The van der Waals surface area contributed by atoms with Crippen molar-refractivity contribution in [1.29, 1.82) is 0 Å². The van der Waals surface area contributed by atoms with E-state index in [1.54, 1.807) is 0 Å². The van der Waals surface area contributed by atoms with E-state index in [2.05, 4.69) is 25.7 Å². The van der Waals surface area contributed by atoms with Gasteiger partial charge < -0.3 is 25.4 Å². The van der Waals surface area contributed by atoms with Crippen molar-refractivity contribution in [2.24, 2.45) is 7.05 Å². The lowest BCUT2D eigenvalue weighted by Crippen LogP contribution is -2.35. The maximum Gasteiger partial charge on any atom is 0.420 e. The fourth-order valence-electron chi connectivity index (χ4n) is 4.53. The highest BCUT2D eigenvalue weighted by Crippen LogP contribution is 2.37. The Hall–Kier alpha value is -5.55. The Morgan fingerprint density at radius 1 is 0.979 bits per heavy atom. The molecule has 4 aromatic rings. The molecule has 2 heterocycles. The van der Waals surface area contributed by atoms with Gasteiger partial charge in [0.15, 0.2) is 5.82 Å². The Kier molecular flexibility index (Phi) is 9.81. The first-order valence-corrected chi connectivity index (χ1v) is 13.4. The second-order valence-corrected chi connectivity index (χ2v) is 9.73. The van der Waals surface area contributed by atoms with Crippen LogP contribution in [0.3, 0.4) is 0 Å². The van der Waals surface area contributed by atoms with Crippen molar-refractivity contribution in [3.05, 3.63) is 81.6 Å². The van der Waals surface area contributed by atoms with Gasteiger partial charge in [-0.25, -0.2) is 13.8 Å². The number of rotatable bonds is 10. The van der Waals surface area contributed by atoms with E-state index in [1.807, 2.05) is 0 Å². The highest BCUT2D eigenvalue weighted by molar-refractivity contribution is 6.06. The SMILES string of the molecule is CNC(=O)C(C)Nc1ccc(C(F)(F)F)c(-n2c(=O)c(NC(=O)c3ccc(OC(F)F)cc3)c(-c3c(F)cc(OC)cc3F)n2C)n1. The summed E-state index contributed by atoms with van der Waals surface area (Å²) in [4.78, 5) is 43.0. The van der Waals surface area contributed by atoms with Crippen molar-refractivity contribution < 1.29 is 49.8 Å². The van der Waals surface area contributed by atoms with Crippen LogP contribution in [0.4, 0.5) is 42.2 Å². The van der Waals surface area contributed by atoms with Gasteiger partial charge in [-0.15, -0.1) is 0 Å². The molecule has 0 saturated carbocycles. The minimum atomic E-state index is -5.11. The number of benzene rings is 2. The van der Waals surface area contributed by atoms with Crippen molar-refractivity contribution in [3.8, 4) is 28.6 Å². The summed E-state index contributed by atoms with van der Waals surface area (Å²) in [6, 6.07) is 6.08. The average molecular weight is 671 g/mol. The molecule has 0 spiro atoms. The highest BCUT2D eigenvalue weighted by Gasteiger charge is 2.38. The molecule has 2 amide bonds. The molecule has 47 heavy (non-hydrogen) atoms. The number of nitrogens with one attached hydrogen (secondary N) is 3. The average Bonchev–Trinajstić information content (AvgIpc) is 3.23. The van der Waals surface area contributed by atoms with E-state index in [0.717, 1.165) is 56.6 Å². The van der Waals surface area contributed by atoms with Gasteiger partial charge in [0.05, 0.1) is 12.7 Å². The van der Waals surface area contributed by atoms with E-state index in [1.165, 1.54) is 14.0 Å². The van der Waals surface area contributed by atoms with Crippen LogP contribution >= 0.6 is 0 Å². The molecule has 11 nitrogen and oxygen atoms in total. The summed E-state index contributed by atoms with van der Waals surface area (Å²) in [6.45, 7) is -1.77. The zero-order chi connectivity index (χ0) is 34.8. The summed E-state index contributed by atoms with van der Waals surface area (Å²) in [7, 11) is 3.46. The zero-order valence-corrected chi connectivity index (χ0v) is 24.8. The van der Waals surface area contributed by atoms with Crippen molar-refractivity contribution in [2.75, 3.05) is 24.8 Å². The fraction of sp³-hybridized carbons (Fsp3) is 0.241. The molecule has 1 unspecified atom stereocenters. The normalized spacial score (nSPS) is 12.1. The fourth-order valence-corrected chi connectivity index (χ4v) is 4.53. The molecule has 0 aliphatic carbocycles. The van der Waals surface area contributed by atoms with Gasteiger partial charge in [0.1, 0.15) is 51.9 Å². The maximum atomic E-state index is 15.4. The molecule has 1 atom stereocenters. The van der Waals surface area contributed by atoms with Gasteiger partial charge in [-0.05, 0) is 43.3 Å². The Bertz CT molecular complexity index is 1850. The number of alkyl halides is 5. The van der Waals surface area contributed by atoms with Crippen LogP contribution in [0.5, 0.6) is 11.5 Å².